The van der Waals surface area contributed by atoms with Crippen LogP contribution in [0.4, 0.5) is 5.82 Å². The second-order valence-corrected chi connectivity index (χ2v) is 3.55. The highest BCUT2D eigenvalue weighted by atomic mass is 16.5. The molecule has 3 rings (SSSR count). The Hall–Kier alpha value is -1.91. The molecule has 0 atom stereocenters. The molecule has 1 N–H and O–H groups in total. The summed E-state index contributed by atoms with van der Waals surface area (Å²) in [5.74, 6) is 1.65. The number of ketones is 1. The highest BCUT2D eigenvalue weighted by Crippen LogP contribution is 2.34. The molecule has 1 aliphatic carbocycles. The van der Waals surface area contributed by atoms with Gasteiger partial charge in [0.05, 0.1) is 11.9 Å². The fraction of sp³-hybridized carbons (Fsp3) is 0.300. The van der Waals surface area contributed by atoms with Crippen molar-refractivity contribution in [2.75, 3.05) is 5.32 Å². The first-order valence-electron chi connectivity index (χ1n) is 4.86. The van der Waals surface area contributed by atoms with E-state index in [9.17, 15) is 4.79 Å². The van der Waals surface area contributed by atoms with Crippen LogP contribution >= 0.6 is 0 Å². The third-order valence-electron chi connectivity index (χ3n) is 2.52. The van der Waals surface area contributed by atoms with Crippen molar-refractivity contribution in [3.05, 3.63) is 24.0 Å². The fourth-order valence-corrected chi connectivity index (χ4v) is 1.80. The van der Waals surface area contributed by atoms with Crippen LogP contribution in [0.25, 0.3) is 0 Å². The molecule has 0 spiro atoms. The molecule has 15 heavy (non-hydrogen) atoms. The summed E-state index contributed by atoms with van der Waals surface area (Å²) in [7, 11) is 0. The van der Waals surface area contributed by atoms with Crippen molar-refractivity contribution in [3.8, 4) is 5.75 Å². The molecular weight excluding hydrogens is 194 g/mol. The quantitative estimate of drug-likeness (QED) is 0.687. The summed E-state index contributed by atoms with van der Waals surface area (Å²) in [5, 5.41) is 3.11. The smallest absolute Gasteiger partial charge is 0.199 e. The van der Waals surface area contributed by atoms with Gasteiger partial charge in [-0.15, -0.1) is 0 Å². The van der Waals surface area contributed by atoms with Crippen molar-refractivity contribution in [2.45, 2.75) is 19.3 Å². The summed E-state index contributed by atoms with van der Waals surface area (Å²) >= 11 is 0. The molecule has 5 heteroatoms. The third kappa shape index (κ3) is 1.27. The summed E-state index contributed by atoms with van der Waals surface area (Å²) in [6, 6.07) is 0. The van der Waals surface area contributed by atoms with Crippen LogP contribution in [-0.2, 0) is 4.79 Å². The molecule has 0 amide bonds. The Kier molecular flexibility index (Phi) is 1.71. The Morgan fingerprint density at radius 2 is 2.33 bits per heavy atom. The zero-order valence-electron chi connectivity index (χ0n) is 7.99. The van der Waals surface area contributed by atoms with Gasteiger partial charge in [0.25, 0.3) is 0 Å². The molecule has 1 aromatic heterocycles. The molecule has 0 bridgehead atoms. The lowest BCUT2D eigenvalue weighted by molar-refractivity contribution is -0.118. The van der Waals surface area contributed by atoms with Crippen molar-refractivity contribution in [1.82, 2.24) is 9.97 Å². The van der Waals surface area contributed by atoms with Gasteiger partial charge >= 0.3 is 0 Å². The zero-order valence-corrected chi connectivity index (χ0v) is 7.99. The molecule has 2 heterocycles. The Morgan fingerprint density at radius 1 is 1.40 bits per heavy atom. The summed E-state index contributed by atoms with van der Waals surface area (Å²) < 4.78 is 5.49. The van der Waals surface area contributed by atoms with E-state index in [2.05, 4.69) is 15.3 Å². The number of ether oxygens (including phenoxy) is 1. The van der Waals surface area contributed by atoms with E-state index in [0.717, 1.165) is 18.5 Å². The second-order valence-electron chi connectivity index (χ2n) is 3.55. The predicted molar refractivity (Wildman–Crippen MR) is 52.2 cm³/mol. The van der Waals surface area contributed by atoms with Crippen molar-refractivity contribution in [1.29, 1.82) is 0 Å². The van der Waals surface area contributed by atoms with Gasteiger partial charge in [-0.05, 0) is 12.8 Å². The highest BCUT2D eigenvalue weighted by molar-refractivity contribution is 5.96. The van der Waals surface area contributed by atoms with Gasteiger partial charge < -0.3 is 10.1 Å². The monoisotopic (exact) mass is 203 g/mol. The van der Waals surface area contributed by atoms with Gasteiger partial charge in [0.2, 0.25) is 0 Å². The van der Waals surface area contributed by atoms with Crippen LogP contribution < -0.4 is 10.1 Å². The maximum atomic E-state index is 11.6. The van der Waals surface area contributed by atoms with Crippen molar-refractivity contribution >= 4 is 11.6 Å². The van der Waals surface area contributed by atoms with E-state index in [0.29, 0.717) is 23.7 Å². The average molecular weight is 203 g/mol. The van der Waals surface area contributed by atoms with Gasteiger partial charge in [-0.1, -0.05) is 0 Å². The lowest BCUT2D eigenvalue weighted by Crippen LogP contribution is -2.24. The van der Waals surface area contributed by atoms with Crippen molar-refractivity contribution in [2.24, 2.45) is 0 Å². The Balaban J connectivity index is 2.04. The number of allylic oxidation sites excluding steroid dienone is 2. The summed E-state index contributed by atoms with van der Waals surface area (Å²) in [6.07, 6.45) is 5.27. The Labute approximate surface area is 86.2 Å². The summed E-state index contributed by atoms with van der Waals surface area (Å²) in [5.41, 5.74) is 0.845. The number of nitrogens with zero attached hydrogens (tertiary/aromatic N) is 2. The summed E-state index contributed by atoms with van der Waals surface area (Å²) in [4.78, 5) is 19.5. The molecule has 2 aliphatic rings. The number of fused-ring (bicyclic) bond motifs is 1. The Morgan fingerprint density at radius 3 is 3.27 bits per heavy atom. The molecule has 76 valence electrons. The molecule has 0 aromatic carbocycles. The average Bonchev–Trinajstić information content (AvgIpc) is 2.27. The number of hydrogen-bond donors (Lipinski definition) is 1. The van der Waals surface area contributed by atoms with E-state index in [-0.39, 0.29) is 5.78 Å². The number of aromatic nitrogens is 2. The molecule has 0 unspecified atom stereocenters. The van der Waals surface area contributed by atoms with E-state index < -0.39 is 0 Å². The minimum atomic E-state index is 0.0539. The SMILES string of the molecule is O=C1CCCC2=C1Oc1cncnc1N2. The lowest BCUT2D eigenvalue weighted by Gasteiger charge is -2.25. The summed E-state index contributed by atoms with van der Waals surface area (Å²) in [6.45, 7) is 0. The van der Waals surface area contributed by atoms with Crippen LogP contribution in [-0.4, -0.2) is 15.8 Å². The normalized spacial score (nSPS) is 18.8. The number of carbonyl (C=O) groups excluding carboxylic acids is 1. The molecule has 0 radical (unpaired) electrons. The first-order chi connectivity index (χ1) is 7.34. The molecule has 1 aliphatic heterocycles. The molecule has 5 nitrogen and oxygen atoms in total. The van der Waals surface area contributed by atoms with Gasteiger partial charge in [-0.25, -0.2) is 9.97 Å². The number of anilines is 1. The fourth-order valence-electron chi connectivity index (χ4n) is 1.80. The van der Waals surface area contributed by atoms with E-state index in [1.165, 1.54) is 6.33 Å². The molecule has 0 fully saturated rings. The van der Waals surface area contributed by atoms with Gasteiger partial charge in [0.1, 0.15) is 6.33 Å². The standard InChI is InChI=1S/C10H9N3O2/c14-7-3-1-2-6-9(7)15-8-4-11-5-12-10(8)13-6/h4-5H,1-3H2,(H,11,12,13). The molecule has 0 saturated heterocycles. The van der Waals surface area contributed by atoms with Crippen LogP contribution in [0.15, 0.2) is 24.0 Å². The van der Waals surface area contributed by atoms with E-state index in [4.69, 9.17) is 4.74 Å². The predicted octanol–water partition coefficient (Wildman–Crippen LogP) is 1.25. The zero-order chi connectivity index (χ0) is 10.3. The van der Waals surface area contributed by atoms with E-state index >= 15 is 0 Å². The number of Topliss-reactive ketones (excluding diaryl/α,β-unsaturated/α-hetero) is 1. The third-order valence-corrected chi connectivity index (χ3v) is 2.52. The van der Waals surface area contributed by atoms with Gasteiger partial charge in [0, 0.05) is 6.42 Å². The maximum Gasteiger partial charge on any atom is 0.199 e. The highest BCUT2D eigenvalue weighted by Gasteiger charge is 2.28. The minimum Gasteiger partial charge on any atom is -0.446 e. The number of hydrogen-bond acceptors (Lipinski definition) is 5. The Bertz CT molecular complexity index is 467. The second kappa shape index (κ2) is 3.05. The molecule has 0 saturated carbocycles. The van der Waals surface area contributed by atoms with Gasteiger partial charge in [-0.3, -0.25) is 4.79 Å². The van der Waals surface area contributed by atoms with Crippen LogP contribution in [0.1, 0.15) is 19.3 Å². The van der Waals surface area contributed by atoms with Gasteiger partial charge in [-0.2, -0.15) is 0 Å². The lowest BCUT2D eigenvalue weighted by atomic mass is 10.0. The van der Waals surface area contributed by atoms with Gasteiger partial charge in [0.15, 0.2) is 23.1 Å². The van der Waals surface area contributed by atoms with Crippen molar-refractivity contribution < 1.29 is 9.53 Å². The minimum absolute atomic E-state index is 0.0539. The number of rotatable bonds is 0. The number of nitrogens with one attached hydrogen (secondary N) is 1. The molecule has 1 aromatic rings. The first kappa shape index (κ1) is 8.40. The van der Waals surface area contributed by atoms with Crippen LogP contribution in [0.2, 0.25) is 0 Å². The van der Waals surface area contributed by atoms with Crippen LogP contribution in [0.5, 0.6) is 5.75 Å². The van der Waals surface area contributed by atoms with Crippen LogP contribution in [0.3, 0.4) is 0 Å². The largest absolute Gasteiger partial charge is 0.446 e. The van der Waals surface area contributed by atoms with Crippen LogP contribution in [0, 0.1) is 0 Å². The van der Waals surface area contributed by atoms with E-state index in [1.807, 2.05) is 0 Å². The number of carbonyl (C=O) groups is 1. The molecular formula is C10H9N3O2. The topological polar surface area (TPSA) is 64.1 Å². The first-order valence-corrected chi connectivity index (χ1v) is 4.86. The van der Waals surface area contributed by atoms with E-state index in [1.54, 1.807) is 6.20 Å². The van der Waals surface area contributed by atoms with Crippen molar-refractivity contribution in [3.63, 3.8) is 0 Å². The maximum absolute atomic E-state index is 11.6.